The summed E-state index contributed by atoms with van der Waals surface area (Å²) >= 11 is 0. The van der Waals surface area contributed by atoms with Gasteiger partial charge in [-0.05, 0) is 49.2 Å². The molecule has 3 aromatic rings. The van der Waals surface area contributed by atoms with E-state index in [1.807, 2.05) is 18.5 Å². The highest BCUT2D eigenvalue weighted by atomic mass is 16.2. The Morgan fingerprint density at radius 3 is 2.75 bits per heavy atom. The van der Waals surface area contributed by atoms with Crippen LogP contribution in [0, 0.1) is 0 Å². The number of amides is 2. The molecule has 3 aromatic heterocycles. The van der Waals surface area contributed by atoms with Crippen molar-refractivity contribution in [1.29, 1.82) is 0 Å². The average Bonchev–Trinajstić information content (AvgIpc) is 3.29. The van der Waals surface area contributed by atoms with Gasteiger partial charge in [-0.1, -0.05) is 6.58 Å². The van der Waals surface area contributed by atoms with Crippen molar-refractivity contribution in [2.75, 3.05) is 50.0 Å². The van der Waals surface area contributed by atoms with Crippen LogP contribution in [-0.4, -0.2) is 71.4 Å². The summed E-state index contributed by atoms with van der Waals surface area (Å²) in [6.45, 7) is 7.80. The Morgan fingerprint density at radius 1 is 1.11 bits per heavy atom. The first-order valence-electron chi connectivity index (χ1n) is 12.4. The Hall–Kier alpha value is -3.98. The number of nitrogens with zero attached hydrogens (tertiary/aromatic N) is 4. The van der Waals surface area contributed by atoms with Crippen molar-refractivity contribution in [3.05, 3.63) is 59.6 Å². The molecule has 3 N–H and O–H groups in total. The van der Waals surface area contributed by atoms with Gasteiger partial charge in [-0.2, -0.15) is 0 Å². The van der Waals surface area contributed by atoms with Crippen LogP contribution in [0.5, 0.6) is 0 Å². The van der Waals surface area contributed by atoms with E-state index in [1.165, 1.54) is 6.08 Å². The molecule has 5 heterocycles. The van der Waals surface area contributed by atoms with Crippen molar-refractivity contribution in [3.63, 3.8) is 0 Å². The molecule has 0 radical (unpaired) electrons. The number of hydrogen-bond acceptors (Lipinski definition) is 6. The van der Waals surface area contributed by atoms with Gasteiger partial charge in [0.15, 0.2) is 5.82 Å². The van der Waals surface area contributed by atoms with E-state index in [1.54, 1.807) is 0 Å². The second-order valence-electron chi connectivity index (χ2n) is 9.64. The quantitative estimate of drug-likeness (QED) is 0.492. The minimum atomic E-state index is -0.275. The number of nitrogens with one attached hydrogen (secondary N) is 3. The molecular weight excluding hydrogens is 454 g/mol. The Labute approximate surface area is 209 Å². The zero-order valence-electron chi connectivity index (χ0n) is 20.4. The third-order valence-electron chi connectivity index (χ3n) is 7.38. The highest BCUT2D eigenvalue weighted by Gasteiger charge is 2.30. The third-order valence-corrected chi connectivity index (χ3v) is 7.38. The first kappa shape index (κ1) is 22.5. The standard InChI is InChI=1S/C27H29N7O2/c1-3-23(35)31-22-12-17(15-30-26(22)34-10-8-33(2)9-11-34)21-13-19-16(14-29-21)4-5-18-24-20(32-25(18)19)6-7-28-27(24)36/h3,12-15,32H,1,4-11H2,2H3,(H,28,36)(H,31,35). The van der Waals surface area contributed by atoms with E-state index in [9.17, 15) is 9.59 Å². The van der Waals surface area contributed by atoms with Crippen LogP contribution in [0.15, 0.2) is 37.2 Å². The number of aromatic amines is 1. The Kier molecular flexibility index (Phi) is 5.56. The number of piperazine rings is 1. The normalized spacial score (nSPS) is 17.0. The molecule has 0 bridgehead atoms. The fraction of sp³-hybridized carbons (Fsp3) is 0.333. The average molecular weight is 484 g/mol. The van der Waals surface area contributed by atoms with Crippen molar-refractivity contribution in [3.8, 4) is 22.5 Å². The summed E-state index contributed by atoms with van der Waals surface area (Å²) in [5.74, 6) is 0.491. The van der Waals surface area contributed by atoms with E-state index in [0.29, 0.717) is 12.2 Å². The molecule has 0 spiro atoms. The molecule has 1 saturated heterocycles. The Balaban J connectivity index is 1.39. The number of aryl methyl sites for hydroxylation is 1. The van der Waals surface area contributed by atoms with Gasteiger partial charge in [-0.15, -0.1) is 0 Å². The number of H-pyrrole nitrogens is 1. The first-order valence-corrected chi connectivity index (χ1v) is 12.4. The van der Waals surface area contributed by atoms with Crippen LogP contribution in [0.4, 0.5) is 11.5 Å². The zero-order valence-corrected chi connectivity index (χ0v) is 20.4. The van der Waals surface area contributed by atoms with Crippen molar-refractivity contribution in [2.45, 2.75) is 19.3 Å². The lowest BCUT2D eigenvalue weighted by molar-refractivity contribution is -0.111. The summed E-state index contributed by atoms with van der Waals surface area (Å²) in [6, 6.07) is 4.01. The highest BCUT2D eigenvalue weighted by molar-refractivity contribution is 6.02. The summed E-state index contributed by atoms with van der Waals surface area (Å²) in [6.07, 6.45) is 7.48. The number of rotatable bonds is 4. The second kappa shape index (κ2) is 8.91. The zero-order chi connectivity index (χ0) is 24.8. The van der Waals surface area contributed by atoms with E-state index in [-0.39, 0.29) is 11.8 Å². The predicted octanol–water partition coefficient (Wildman–Crippen LogP) is 2.40. The van der Waals surface area contributed by atoms with Crippen LogP contribution in [0.1, 0.15) is 27.2 Å². The molecule has 2 aliphatic heterocycles. The van der Waals surface area contributed by atoms with Crippen LogP contribution >= 0.6 is 0 Å². The smallest absolute Gasteiger partial charge is 0.253 e. The number of hydrogen-bond donors (Lipinski definition) is 3. The molecule has 6 rings (SSSR count). The van der Waals surface area contributed by atoms with Gasteiger partial charge in [-0.25, -0.2) is 4.98 Å². The fourth-order valence-corrected chi connectivity index (χ4v) is 5.40. The summed E-state index contributed by atoms with van der Waals surface area (Å²) < 4.78 is 0. The summed E-state index contributed by atoms with van der Waals surface area (Å²) in [5.41, 5.74) is 8.40. The number of likely N-dealkylation sites (N-methyl/N-ethyl adjacent to an activating group) is 1. The van der Waals surface area contributed by atoms with Gasteiger partial charge >= 0.3 is 0 Å². The van der Waals surface area contributed by atoms with E-state index in [2.05, 4.69) is 45.1 Å². The molecule has 0 saturated carbocycles. The number of carbonyl (C=O) groups excluding carboxylic acids is 2. The molecule has 1 aliphatic carbocycles. The highest BCUT2D eigenvalue weighted by Crippen LogP contribution is 2.39. The maximum absolute atomic E-state index is 12.5. The summed E-state index contributed by atoms with van der Waals surface area (Å²) in [7, 11) is 2.11. The molecule has 9 nitrogen and oxygen atoms in total. The van der Waals surface area contributed by atoms with Crippen LogP contribution < -0.4 is 15.5 Å². The molecular formula is C27H29N7O2. The fourth-order valence-electron chi connectivity index (χ4n) is 5.40. The van der Waals surface area contributed by atoms with Gasteiger partial charge < -0.3 is 25.4 Å². The van der Waals surface area contributed by atoms with Crippen molar-refractivity contribution < 1.29 is 9.59 Å². The number of carbonyl (C=O) groups is 2. The van der Waals surface area contributed by atoms with Crippen LogP contribution in [0.25, 0.3) is 22.5 Å². The second-order valence-corrected chi connectivity index (χ2v) is 9.64. The Morgan fingerprint density at radius 2 is 1.94 bits per heavy atom. The van der Waals surface area contributed by atoms with Gasteiger partial charge in [0.1, 0.15) is 0 Å². The molecule has 2 amide bonds. The number of fused-ring (bicyclic) bond motifs is 5. The first-order chi connectivity index (χ1) is 17.5. The summed E-state index contributed by atoms with van der Waals surface area (Å²) in [4.78, 5) is 42.3. The third kappa shape index (κ3) is 3.85. The largest absolute Gasteiger partial charge is 0.357 e. The maximum atomic E-state index is 12.5. The summed E-state index contributed by atoms with van der Waals surface area (Å²) in [5, 5.41) is 5.91. The molecule has 9 heteroatoms. The molecule has 36 heavy (non-hydrogen) atoms. The molecule has 184 valence electrons. The molecule has 0 atom stereocenters. The predicted molar refractivity (Wildman–Crippen MR) is 139 cm³/mol. The van der Waals surface area contributed by atoms with Crippen LogP contribution in [-0.2, 0) is 24.1 Å². The maximum Gasteiger partial charge on any atom is 0.253 e. The van der Waals surface area contributed by atoms with E-state index in [0.717, 1.165) is 96.2 Å². The topological polar surface area (TPSA) is 106 Å². The number of anilines is 2. The molecule has 1 fully saturated rings. The minimum Gasteiger partial charge on any atom is -0.357 e. The lowest BCUT2D eigenvalue weighted by atomic mass is 9.88. The van der Waals surface area contributed by atoms with Crippen LogP contribution in [0.3, 0.4) is 0 Å². The minimum absolute atomic E-state index is 0.0118. The Bertz CT molecular complexity index is 1380. The number of pyridine rings is 2. The van der Waals surface area contributed by atoms with Crippen molar-refractivity contribution in [2.24, 2.45) is 0 Å². The van der Waals surface area contributed by atoms with Gasteiger partial charge in [0, 0.05) is 68.4 Å². The SMILES string of the molecule is C=CC(=O)Nc1cc(-c2cc3c(cn2)CCc2c-3[nH]c3c2C(=O)NCC3)cnc1N1CCN(C)CC1. The van der Waals surface area contributed by atoms with E-state index in [4.69, 9.17) is 9.97 Å². The monoisotopic (exact) mass is 483 g/mol. The van der Waals surface area contributed by atoms with Gasteiger partial charge in [0.25, 0.3) is 5.91 Å². The van der Waals surface area contributed by atoms with Gasteiger partial charge in [0.2, 0.25) is 5.91 Å². The van der Waals surface area contributed by atoms with Gasteiger partial charge in [-0.3, -0.25) is 14.6 Å². The van der Waals surface area contributed by atoms with E-state index < -0.39 is 0 Å². The lowest BCUT2D eigenvalue weighted by Gasteiger charge is -2.34. The van der Waals surface area contributed by atoms with Crippen molar-refractivity contribution >= 4 is 23.3 Å². The molecule has 0 aromatic carbocycles. The number of aromatic nitrogens is 3. The lowest BCUT2D eigenvalue weighted by Crippen LogP contribution is -2.45. The van der Waals surface area contributed by atoms with E-state index >= 15 is 0 Å². The van der Waals surface area contributed by atoms with Crippen LogP contribution in [0.2, 0.25) is 0 Å². The van der Waals surface area contributed by atoms with Gasteiger partial charge in [0.05, 0.1) is 22.6 Å². The van der Waals surface area contributed by atoms with Crippen molar-refractivity contribution in [1.82, 2.24) is 25.2 Å². The molecule has 3 aliphatic rings. The molecule has 0 unspecified atom stereocenters.